The second-order valence-electron chi connectivity index (χ2n) is 9.55. The highest BCUT2D eigenvalue weighted by Crippen LogP contribution is 2.41. The van der Waals surface area contributed by atoms with Crippen LogP contribution < -0.4 is 0 Å². The molecule has 1 N–H and O–H groups in total. The summed E-state index contributed by atoms with van der Waals surface area (Å²) in [5, 5.41) is 10.0. The zero-order valence-corrected chi connectivity index (χ0v) is 20.9. The molecule has 1 aliphatic rings. The Bertz CT molecular complexity index is 869. The zero-order valence-electron chi connectivity index (χ0n) is 20.9. The highest BCUT2D eigenvalue weighted by Gasteiger charge is 2.31. The Labute approximate surface area is 191 Å². The molecule has 31 heavy (non-hydrogen) atoms. The van der Waals surface area contributed by atoms with Crippen LogP contribution in [0.1, 0.15) is 68.2 Å². The van der Waals surface area contributed by atoms with E-state index in [-0.39, 0.29) is 11.5 Å². The molecule has 0 fully saturated rings. The first-order chi connectivity index (χ1) is 14.5. The zero-order chi connectivity index (χ0) is 23.4. The maximum atomic E-state index is 10.0. The van der Waals surface area contributed by atoms with Crippen LogP contribution in [0.2, 0.25) is 0 Å². The number of allylic oxidation sites excluding steroid dienone is 17. The van der Waals surface area contributed by atoms with Crippen LogP contribution in [-0.2, 0) is 0 Å². The Morgan fingerprint density at radius 3 is 1.77 bits per heavy atom. The highest BCUT2D eigenvalue weighted by molar-refractivity contribution is 5.38. The van der Waals surface area contributed by atoms with Crippen molar-refractivity contribution in [3.8, 4) is 0 Å². The summed E-state index contributed by atoms with van der Waals surface area (Å²) in [6, 6.07) is 0. The van der Waals surface area contributed by atoms with Gasteiger partial charge in [-0.3, -0.25) is 0 Å². The summed E-state index contributed by atoms with van der Waals surface area (Å²) in [6.45, 7) is 17.1. The van der Waals surface area contributed by atoms with Crippen LogP contribution in [0.5, 0.6) is 0 Å². The van der Waals surface area contributed by atoms with E-state index in [1.54, 1.807) is 0 Å². The molecule has 0 radical (unpaired) electrons. The summed E-state index contributed by atoms with van der Waals surface area (Å²) in [5.74, 6) is 0. The van der Waals surface area contributed by atoms with E-state index < -0.39 is 0 Å². The van der Waals surface area contributed by atoms with Crippen molar-refractivity contribution < 1.29 is 5.11 Å². The van der Waals surface area contributed by atoms with E-state index in [9.17, 15) is 5.11 Å². The fourth-order valence-electron chi connectivity index (χ4n) is 3.72. The fourth-order valence-corrected chi connectivity index (χ4v) is 3.72. The first-order valence-corrected chi connectivity index (χ1v) is 11.3. The van der Waals surface area contributed by atoms with Crippen molar-refractivity contribution in [1.82, 2.24) is 0 Å². The molecule has 0 aromatic heterocycles. The van der Waals surface area contributed by atoms with Crippen LogP contribution in [0.15, 0.2) is 106 Å². The molecule has 1 atom stereocenters. The van der Waals surface area contributed by atoms with Crippen LogP contribution in [0.4, 0.5) is 0 Å². The minimum Gasteiger partial charge on any atom is -0.393 e. The first-order valence-electron chi connectivity index (χ1n) is 11.3. The second kappa shape index (κ2) is 13.1. The lowest BCUT2D eigenvalue weighted by atomic mass is 9.71. The van der Waals surface area contributed by atoms with Gasteiger partial charge in [0.2, 0.25) is 0 Å². The minimum atomic E-state index is -0.214. The molecule has 168 valence electrons. The summed E-state index contributed by atoms with van der Waals surface area (Å²) in [5.41, 5.74) is 7.62. The van der Waals surface area contributed by atoms with E-state index in [4.69, 9.17) is 0 Å². The monoisotopic (exact) mass is 418 g/mol. The molecule has 0 aromatic carbocycles. The first kappa shape index (κ1) is 26.7. The second-order valence-corrected chi connectivity index (χ2v) is 9.55. The number of hydrogen-bond acceptors (Lipinski definition) is 1. The van der Waals surface area contributed by atoms with Gasteiger partial charge in [0, 0.05) is 0 Å². The molecule has 0 spiro atoms. The summed E-state index contributed by atoms with van der Waals surface area (Å²) in [7, 11) is 0. The topological polar surface area (TPSA) is 20.2 Å². The van der Waals surface area contributed by atoms with E-state index in [0.717, 1.165) is 12.8 Å². The summed E-state index contributed by atoms with van der Waals surface area (Å²) in [6.07, 6.45) is 26.8. The van der Waals surface area contributed by atoms with Crippen molar-refractivity contribution in [2.24, 2.45) is 5.41 Å². The van der Waals surface area contributed by atoms with Gasteiger partial charge in [-0.25, -0.2) is 0 Å². The quantitative estimate of drug-likeness (QED) is 0.392. The molecule has 0 heterocycles. The number of hydrogen-bond donors (Lipinski definition) is 1. The number of aliphatic hydroxyl groups excluding tert-OH is 1. The highest BCUT2D eigenvalue weighted by atomic mass is 16.3. The van der Waals surface area contributed by atoms with Gasteiger partial charge in [-0.2, -0.15) is 0 Å². The third-order valence-corrected chi connectivity index (χ3v) is 5.33. The molecular weight excluding hydrogens is 376 g/mol. The van der Waals surface area contributed by atoms with E-state index in [1.807, 2.05) is 0 Å². The molecule has 0 amide bonds. The maximum absolute atomic E-state index is 10.0. The van der Waals surface area contributed by atoms with Gasteiger partial charge in [0.05, 0.1) is 6.10 Å². The van der Waals surface area contributed by atoms with E-state index in [2.05, 4.69) is 128 Å². The van der Waals surface area contributed by atoms with Gasteiger partial charge in [-0.1, -0.05) is 115 Å². The SMILES string of the molecule is CC(C)=CC=CC(C)=CC=CC=C(C)C=CC=C(C)C=CC1=C(C)CC(O)CC1(C)C. The van der Waals surface area contributed by atoms with Crippen molar-refractivity contribution in [2.75, 3.05) is 0 Å². The molecule has 0 aromatic rings. The lowest BCUT2D eigenvalue weighted by molar-refractivity contribution is 0.116. The standard InChI is InChI=1S/C30H42O/c1-23(2)13-11-16-24(3)14-9-10-15-25(4)17-12-18-26(5)19-20-29-27(6)21-28(31)22-30(29,7)8/h9-20,28,31H,21-22H2,1-8H3. The van der Waals surface area contributed by atoms with Crippen molar-refractivity contribution in [2.45, 2.75) is 74.3 Å². The van der Waals surface area contributed by atoms with Gasteiger partial charge < -0.3 is 5.11 Å². The predicted octanol–water partition coefficient (Wildman–Crippen LogP) is 8.51. The van der Waals surface area contributed by atoms with Gasteiger partial charge in [0.25, 0.3) is 0 Å². The average Bonchev–Trinajstić information content (AvgIpc) is 2.63. The molecule has 1 nitrogen and oxygen atoms in total. The van der Waals surface area contributed by atoms with Crippen LogP contribution >= 0.6 is 0 Å². The van der Waals surface area contributed by atoms with E-state index >= 15 is 0 Å². The lowest BCUT2D eigenvalue weighted by Gasteiger charge is -2.35. The lowest BCUT2D eigenvalue weighted by Crippen LogP contribution is -2.28. The maximum Gasteiger partial charge on any atom is 0.0585 e. The molecule has 1 unspecified atom stereocenters. The largest absolute Gasteiger partial charge is 0.393 e. The Morgan fingerprint density at radius 2 is 1.26 bits per heavy atom. The Kier molecular flexibility index (Phi) is 11.3. The van der Waals surface area contributed by atoms with Crippen LogP contribution in [0, 0.1) is 5.41 Å². The average molecular weight is 419 g/mol. The minimum absolute atomic E-state index is 0.0221. The van der Waals surface area contributed by atoms with Gasteiger partial charge in [-0.05, 0) is 65.4 Å². The summed E-state index contributed by atoms with van der Waals surface area (Å²) < 4.78 is 0. The van der Waals surface area contributed by atoms with Crippen molar-refractivity contribution in [1.29, 1.82) is 0 Å². The van der Waals surface area contributed by atoms with Crippen molar-refractivity contribution >= 4 is 0 Å². The van der Waals surface area contributed by atoms with Gasteiger partial charge in [0.15, 0.2) is 0 Å². The van der Waals surface area contributed by atoms with Crippen LogP contribution in [0.3, 0.4) is 0 Å². The normalized spacial score (nSPS) is 21.3. The fraction of sp³-hybridized carbons (Fsp3) is 0.400. The van der Waals surface area contributed by atoms with Gasteiger partial charge in [0.1, 0.15) is 0 Å². The third-order valence-electron chi connectivity index (χ3n) is 5.33. The van der Waals surface area contributed by atoms with Crippen molar-refractivity contribution in [3.63, 3.8) is 0 Å². The van der Waals surface area contributed by atoms with Gasteiger partial charge >= 0.3 is 0 Å². The van der Waals surface area contributed by atoms with E-state index in [0.29, 0.717) is 0 Å². The van der Waals surface area contributed by atoms with Crippen molar-refractivity contribution in [3.05, 3.63) is 106 Å². The Balaban J connectivity index is 2.69. The van der Waals surface area contributed by atoms with Crippen LogP contribution in [-0.4, -0.2) is 11.2 Å². The summed E-state index contributed by atoms with van der Waals surface area (Å²) in [4.78, 5) is 0. The molecule has 1 rings (SSSR count). The summed E-state index contributed by atoms with van der Waals surface area (Å²) >= 11 is 0. The molecular formula is C30H42O. The Morgan fingerprint density at radius 1 is 0.774 bits per heavy atom. The molecule has 0 saturated heterocycles. The number of rotatable bonds is 8. The number of aliphatic hydroxyl groups is 1. The molecule has 0 aliphatic heterocycles. The smallest absolute Gasteiger partial charge is 0.0585 e. The van der Waals surface area contributed by atoms with Gasteiger partial charge in [-0.15, -0.1) is 0 Å². The third kappa shape index (κ3) is 11.0. The molecule has 1 aliphatic carbocycles. The molecule has 0 bridgehead atoms. The predicted molar refractivity (Wildman–Crippen MR) is 139 cm³/mol. The molecule has 0 saturated carbocycles. The van der Waals surface area contributed by atoms with E-state index in [1.165, 1.54) is 33.4 Å². The van der Waals surface area contributed by atoms with Crippen LogP contribution in [0.25, 0.3) is 0 Å². The Hall–Kier alpha value is -2.38. The molecule has 1 heteroatoms.